The van der Waals surface area contributed by atoms with Crippen molar-refractivity contribution in [2.45, 2.75) is 18.2 Å². The van der Waals surface area contributed by atoms with Gasteiger partial charge in [-0.3, -0.25) is 4.57 Å². The molecule has 18 heavy (non-hydrogen) atoms. The van der Waals surface area contributed by atoms with E-state index in [0.717, 1.165) is 11.5 Å². The smallest absolute Gasteiger partial charge is 0.195 e. The Labute approximate surface area is 109 Å². The zero-order chi connectivity index (χ0) is 13.0. The van der Waals surface area contributed by atoms with Crippen molar-refractivity contribution in [3.8, 4) is 5.69 Å². The second-order valence-electron chi connectivity index (χ2n) is 3.85. The molecule has 0 fully saturated rings. The summed E-state index contributed by atoms with van der Waals surface area (Å²) in [6, 6.07) is 9.80. The van der Waals surface area contributed by atoms with Crippen LogP contribution < -0.4 is 0 Å². The van der Waals surface area contributed by atoms with Gasteiger partial charge in [-0.25, -0.2) is 0 Å². The van der Waals surface area contributed by atoms with Gasteiger partial charge in [-0.15, -0.1) is 10.2 Å². The molecule has 0 saturated carbocycles. The van der Waals surface area contributed by atoms with Gasteiger partial charge in [0.1, 0.15) is 5.82 Å². The molecule has 6 heteroatoms. The predicted molar refractivity (Wildman–Crippen MR) is 69.9 cm³/mol. The van der Waals surface area contributed by atoms with E-state index in [4.69, 9.17) is 5.11 Å². The molecule has 0 saturated heterocycles. The SMILES string of the molecule is Cc1nnc(SCC(O)CO)n1-c1ccccc1. The third kappa shape index (κ3) is 2.90. The van der Waals surface area contributed by atoms with Crippen LogP contribution in [0.15, 0.2) is 35.5 Å². The fourth-order valence-corrected chi connectivity index (χ4v) is 2.45. The first-order chi connectivity index (χ1) is 8.72. The maximum atomic E-state index is 9.36. The van der Waals surface area contributed by atoms with Crippen molar-refractivity contribution in [3.63, 3.8) is 0 Å². The summed E-state index contributed by atoms with van der Waals surface area (Å²) in [5.41, 5.74) is 0.987. The van der Waals surface area contributed by atoms with Crippen LogP contribution in [0.3, 0.4) is 0 Å². The first-order valence-corrected chi connectivity index (χ1v) is 6.60. The number of benzene rings is 1. The molecule has 2 N–H and O–H groups in total. The van der Waals surface area contributed by atoms with E-state index in [1.54, 1.807) is 0 Å². The van der Waals surface area contributed by atoms with Crippen LogP contribution in [0.25, 0.3) is 5.69 Å². The van der Waals surface area contributed by atoms with Gasteiger partial charge in [-0.2, -0.15) is 0 Å². The van der Waals surface area contributed by atoms with Crippen molar-refractivity contribution in [2.75, 3.05) is 12.4 Å². The summed E-state index contributed by atoms with van der Waals surface area (Å²) in [7, 11) is 0. The van der Waals surface area contributed by atoms with Gasteiger partial charge in [-0.1, -0.05) is 30.0 Å². The molecule has 0 aliphatic heterocycles. The predicted octanol–water partition coefficient (Wildman–Crippen LogP) is 1.02. The lowest BCUT2D eigenvalue weighted by Crippen LogP contribution is -2.15. The van der Waals surface area contributed by atoms with Gasteiger partial charge < -0.3 is 10.2 Å². The lowest BCUT2D eigenvalue weighted by Gasteiger charge is -2.09. The normalized spacial score (nSPS) is 12.6. The Morgan fingerprint density at radius 3 is 2.67 bits per heavy atom. The monoisotopic (exact) mass is 265 g/mol. The number of aryl methyl sites for hydroxylation is 1. The number of aliphatic hydroxyl groups excluding tert-OH is 2. The average molecular weight is 265 g/mol. The number of rotatable bonds is 5. The minimum atomic E-state index is -0.740. The molecule has 0 amide bonds. The van der Waals surface area contributed by atoms with Crippen molar-refractivity contribution < 1.29 is 10.2 Å². The summed E-state index contributed by atoms with van der Waals surface area (Å²) in [4.78, 5) is 0. The third-order valence-corrected chi connectivity index (χ3v) is 3.50. The van der Waals surface area contributed by atoms with Crippen LogP contribution in [0.5, 0.6) is 0 Å². The highest BCUT2D eigenvalue weighted by Crippen LogP contribution is 2.22. The Hall–Kier alpha value is -1.37. The zero-order valence-electron chi connectivity index (χ0n) is 10.0. The van der Waals surface area contributed by atoms with Crippen LogP contribution in [0.1, 0.15) is 5.82 Å². The fraction of sp³-hybridized carbons (Fsp3) is 0.333. The second-order valence-corrected chi connectivity index (χ2v) is 4.84. The van der Waals surface area contributed by atoms with E-state index in [1.165, 1.54) is 11.8 Å². The molecule has 0 aliphatic rings. The highest BCUT2D eigenvalue weighted by atomic mass is 32.2. The van der Waals surface area contributed by atoms with E-state index in [0.29, 0.717) is 10.9 Å². The van der Waals surface area contributed by atoms with Gasteiger partial charge in [0.05, 0.1) is 12.7 Å². The standard InChI is InChI=1S/C12H15N3O2S/c1-9-13-14-12(18-8-11(17)7-16)15(9)10-5-3-2-4-6-10/h2-6,11,16-17H,7-8H2,1H3. The summed E-state index contributed by atoms with van der Waals surface area (Å²) in [5.74, 6) is 1.18. The Morgan fingerprint density at radius 1 is 1.28 bits per heavy atom. The molecule has 0 aliphatic carbocycles. The van der Waals surface area contributed by atoms with E-state index in [1.807, 2.05) is 41.8 Å². The maximum absolute atomic E-state index is 9.36. The van der Waals surface area contributed by atoms with E-state index >= 15 is 0 Å². The summed E-state index contributed by atoms with van der Waals surface area (Å²) >= 11 is 1.37. The van der Waals surface area contributed by atoms with Crippen LogP contribution in [0.2, 0.25) is 0 Å². The van der Waals surface area contributed by atoms with Gasteiger partial charge in [0.2, 0.25) is 0 Å². The Morgan fingerprint density at radius 2 is 2.00 bits per heavy atom. The van der Waals surface area contributed by atoms with Crippen LogP contribution in [-0.2, 0) is 0 Å². The Bertz CT molecular complexity index is 501. The number of hydrogen-bond donors (Lipinski definition) is 2. The maximum Gasteiger partial charge on any atom is 0.195 e. The molecule has 2 rings (SSSR count). The first-order valence-electron chi connectivity index (χ1n) is 5.61. The largest absolute Gasteiger partial charge is 0.394 e. The molecular formula is C12H15N3O2S. The molecule has 0 bridgehead atoms. The number of nitrogens with zero attached hydrogens (tertiary/aromatic N) is 3. The van der Waals surface area contributed by atoms with Crippen LogP contribution in [0, 0.1) is 6.92 Å². The van der Waals surface area contributed by atoms with Crippen molar-refractivity contribution in [1.29, 1.82) is 0 Å². The number of aromatic nitrogens is 3. The number of hydrogen-bond acceptors (Lipinski definition) is 5. The van der Waals surface area contributed by atoms with Crippen LogP contribution in [-0.4, -0.2) is 43.4 Å². The highest BCUT2D eigenvalue weighted by Gasteiger charge is 2.12. The minimum Gasteiger partial charge on any atom is -0.394 e. The number of para-hydroxylation sites is 1. The first kappa shape index (κ1) is 13.1. The van der Waals surface area contributed by atoms with Gasteiger partial charge in [0.25, 0.3) is 0 Å². The van der Waals surface area contributed by atoms with E-state index in [-0.39, 0.29) is 6.61 Å². The van der Waals surface area contributed by atoms with Crippen LogP contribution >= 0.6 is 11.8 Å². The molecule has 96 valence electrons. The van der Waals surface area contributed by atoms with Crippen molar-refractivity contribution in [2.24, 2.45) is 0 Å². The molecule has 1 unspecified atom stereocenters. The van der Waals surface area contributed by atoms with Gasteiger partial charge in [0, 0.05) is 11.4 Å². The topological polar surface area (TPSA) is 71.2 Å². The molecule has 1 aromatic carbocycles. The second kappa shape index (κ2) is 5.99. The van der Waals surface area contributed by atoms with Gasteiger partial charge >= 0.3 is 0 Å². The van der Waals surface area contributed by atoms with Crippen molar-refractivity contribution in [3.05, 3.63) is 36.2 Å². The molecule has 1 aromatic heterocycles. The van der Waals surface area contributed by atoms with E-state index in [9.17, 15) is 5.11 Å². The quantitative estimate of drug-likeness (QED) is 0.790. The van der Waals surface area contributed by atoms with Crippen LogP contribution in [0.4, 0.5) is 0 Å². The molecular weight excluding hydrogens is 250 g/mol. The third-order valence-electron chi connectivity index (χ3n) is 2.43. The lowest BCUT2D eigenvalue weighted by molar-refractivity contribution is 0.113. The molecule has 0 spiro atoms. The molecule has 1 atom stereocenters. The number of aliphatic hydroxyl groups is 2. The van der Waals surface area contributed by atoms with Crippen molar-refractivity contribution >= 4 is 11.8 Å². The summed E-state index contributed by atoms with van der Waals surface area (Å²) in [5, 5.41) is 27.0. The molecule has 0 radical (unpaired) electrons. The molecule has 1 heterocycles. The Kier molecular flexibility index (Phi) is 4.35. The van der Waals surface area contributed by atoms with E-state index < -0.39 is 6.10 Å². The van der Waals surface area contributed by atoms with E-state index in [2.05, 4.69) is 10.2 Å². The summed E-state index contributed by atoms with van der Waals surface area (Å²) in [6.45, 7) is 1.64. The average Bonchev–Trinajstić information content (AvgIpc) is 2.78. The Balaban J connectivity index is 2.23. The van der Waals surface area contributed by atoms with Crippen molar-refractivity contribution in [1.82, 2.24) is 14.8 Å². The molecule has 2 aromatic rings. The summed E-state index contributed by atoms with van der Waals surface area (Å²) in [6.07, 6.45) is -0.740. The van der Waals surface area contributed by atoms with Gasteiger partial charge in [-0.05, 0) is 19.1 Å². The molecule has 5 nitrogen and oxygen atoms in total. The number of thioether (sulfide) groups is 1. The fourth-order valence-electron chi connectivity index (χ4n) is 1.53. The zero-order valence-corrected chi connectivity index (χ0v) is 10.8. The lowest BCUT2D eigenvalue weighted by atomic mass is 10.3. The minimum absolute atomic E-state index is 0.245. The van der Waals surface area contributed by atoms with Gasteiger partial charge in [0.15, 0.2) is 5.16 Å². The summed E-state index contributed by atoms with van der Waals surface area (Å²) < 4.78 is 1.93. The highest BCUT2D eigenvalue weighted by molar-refractivity contribution is 7.99.